The molecule has 1 aromatic carbocycles. The Kier molecular flexibility index (Phi) is 5.33. The van der Waals surface area contributed by atoms with E-state index in [1.807, 2.05) is 6.07 Å². The fraction of sp³-hybridized carbons (Fsp3) is 0.571. The third kappa shape index (κ3) is 4.27. The number of likely N-dealkylation sites (tertiary alicyclic amines) is 1. The van der Waals surface area contributed by atoms with E-state index in [2.05, 4.69) is 33.0 Å². The number of rotatable bonds is 2. The zero-order chi connectivity index (χ0) is 12.1. The van der Waals surface area contributed by atoms with E-state index in [0.717, 1.165) is 16.0 Å². The quantitative estimate of drug-likeness (QED) is 0.752. The van der Waals surface area contributed by atoms with Gasteiger partial charge in [-0.1, -0.05) is 52.9 Å². The van der Waals surface area contributed by atoms with Crippen LogP contribution in [0.25, 0.3) is 0 Å². The number of hydrogen-bond donors (Lipinski definition) is 0. The first-order valence-corrected chi connectivity index (χ1v) is 7.59. The van der Waals surface area contributed by atoms with Gasteiger partial charge in [0.15, 0.2) is 0 Å². The van der Waals surface area contributed by atoms with Crippen molar-refractivity contribution in [1.29, 1.82) is 0 Å². The first kappa shape index (κ1) is 13.4. The highest BCUT2D eigenvalue weighted by molar-refractivity contribution is 9.10. The van der Waals surface area contributed by atoms with Gasteiger partial charge in [-0.05, 0) is 43.6 Å². The average molecular weight is 317 g/mol. The summed E-state index contributed by atoms with van der Waals surface area (Å²) >= 11 is 9.71. The van der Waals surface area contributed by atoms with Gasteiger partial charge in [0, 0.05) is 16.0 Å². The van der Waals surface area contributed by atoms with Crippen LogP contribution in [0.4, 0.5) is 0 Å². The first-order valence-electron chi connectivity index (χ1n) is 6.42. The molecular weight excluding hydrogens is 298 g/mol. The lowest BCUT2D eigenvalue weighted by Crippen LogP contribution is -2.26. The van der Waals surface area contributed by atoms with Crippen molar-refractivity contribution in [2.75, 3.05) is 13.1 Å². The van der Waals surface area contributed by atoms with Gasteiger partial charge in [-0.2, -0.15) is 0 Å². The summed E-state index contributed by atoms with van der Waals surface area (Å²) in [6.07, 6.45) is 6.82. The van der Waals surface area contributed by atoms with Crippen LogP contribution in [0, 0.1) is 0 Å². The minimum atomic E-state index is 0.876. The van der Waals surface area contributed by atoms with Crippen LogP contribution in [0.3, 0.4) is 0 Å². The highest BCUT2D eigenvalue weighted by Gasteiger charge is 2.10. The summed E-state index contributed by atoms with van der Waals surface area (Å²) in [6.45, 7) is 3.42. The van der Waals surface area contributed by atoms with E-state index in [1.165, 1.54) is 50.8 Å². The molecule has 0 N–H and O–H groups in total. The Balaban J connectivity index is 1.98. The fourth-order valence-corrected chi connectivity index (χ4v) is 3.10. The third-order valence-electron chi connectivity index (χ3n) is 3.36. The maximum atomic E-state index is 6.27. The maximum Gasteiger partial charge on any atom is 0.0462 e. The van der Waals surface area contributed by atoms with Crippen LogP contribution in [-0.4, -0.2) is 18.0 Å². The number of benzene rings is 1. The van der Waals surface area contributed by atoms with Gasteiger partial charge in [-0.3, -0.25) is 4.90 Å². The normalized spacial score (nSPS) is 18.7. The molecule has 1 fully saturated rings. The van der Waals surface area contributed by atoms with E-state index in [-0.39, 0.29) is 0 Å². The Bertz CT molecular complexity index is 359. The van der Waals surface area contributed by atoms with Gasteiger partial charge < -0.3 is 0 Å². The Morgan fingerprint density at radius 3 is 2.35 bits per heavy atom. The molecule has 3 heteroatoms. The van der Waals surface area contributed by atoms with Crippen LogP contribution >= 0.6 is 27.5 Å². The average Bonchev–Trinajstić information content (AvgIpc) is 2.25. The van der Waals surface area contributed by atoms with Crippen LogP contribution in [0.1, 0.15) is 37.7 Å². The van der Waals surface area contributed by atoms with E-state index in [4.69, 9.17) is 11.6 Å². The van der Waals surface area contributed by atoms with E-state index in [0.29, 0.717) is 0 Å². The van der Waals surface area contributed by atoms with Crippen molar-refractivity contribution in [2.24, 2.45) is 0 Å². The van der Waals surface area contributed by atoms with Crippen molar-refractivity contribution in [3.8, 4) is 0 Å². The first-order chi connectivity index (χ1) is 8.25. The summed E-state index contributed by atoms with van der Waals surface area (Å²) in [5.41, 5.74) is 1.25. The highest BCUT2D eigenvalue weighted by Crippen LogP contribution is 2.23. The summed E-state index contributed by atoms with van der Waals surface area (Å²) in [4.78, 5) is 2.54. The lowest BCUT2D eigenvalue weighted by molar-refractivity contribution is 0.240. The van der Waals surface area contributed by atoms with Crippen molar-refractivity contribution in [3.63, 3.8) is 0 Å². The van der Waals surface area contributed by atoms with Crippen LogP contribution in [0.15, 0.2) is 22.7 Å². The topological polar surface area (TPSA) is 3.24 Å². The van der Waals surface area contributed by atoms with Crippen LogP contribution in [-0.2, 0) is 6.54 Å². The molecule has 0 aromatic heterocycles. The second-order valence-corrected chi connectivity index (χ2v) is 6.10. The summed E-state index contributed by atoms with van der Waals surface area (Å²) in [6, 6.07) is 6.19. The maximum absolute atomic E-state index is 6.27. The molecule has 0 unspecified atom stereocenters. The van der Waals surface area contributed by atoms with E-state index in [9.17, 15) is 0 Å². The Morgan fingerprint density at radius 2 is 1.71 bits per heavy atom. The molecule has 1 heterocycles. The molecule has 1 saturated heterocycles. The van der Waals surface area contributed by atoms with Gasteiger partial charge >= 0.3 is 0 Å². The summed E-state index contributed by atoms with van der Waals surface area (Å²) in [5.74, 6) is 0. The summed E-state index contributed by atoms with van der Waals surface area (Å²) in [7, 11) is 0. The number of nitrogens with zero attached hydrogens (tertiary/aromatic N) is 1. The molecule has 0 amide bonds. The fourth-order valence-electron chi connectivity index (χ4n) is 2.36. The van der Waals surface area contributed by atoms with Crippen LogP contribution in [0.2, 0.25) is 5.02 Å². The largest absolute Gasteiger partial charge is 0.299 e. The van der Waals surface area contributed by atoms with Crippen molar-refractivity contribution < 1.29 is 0 Å². The molecule has 0 saturated carbocycles. The van der Waals surface area contributed by atoms with Gasteiger partial charge in [-0.25, -0.2) is 0 Å². The van der Waals surface area contributed by atoms with Gasteiger partial charge in [0.1, 0.15) is 0 Å². The molecule has 0 aliphatic carbocycles. The van der Waals surface area contributed by atoms with Crippen molar-refractivity contribution >= 4 is 27.5 Å². The predicted molar refractivity (Wildman–Crippen MR) is 77.5 cm³/mol. The molecule has 0 spiro atoms. The Morgan fingerprint density at radius 1 is 1.06 bits per heavy atom. The Labute approximate surface area is 117 Å². The monoisotopic (exact) mass is 315 g/mol. The molecule has 2 rings (SSSR count). The zero-order valence-corrected chi connectivity index (χ0v) is 12.4. The van der Waals surface area contributed by atoms with Crippen LogP contribution in [0.5, 0.6) is 0 Å². The molecular formula is C14H19BrClN. The number of halogens is 2. The molecule has 1 aromatic rings. The zero-order valence-electron chi connectivity index (χ0n) is 10.1. The minimum absolute atomic E-state index is 0.876. The molecule has 1 aliphatic rings. The second kappa shape index (κ2) is 6.77. The van der Waals surface area contributed by atoms with Crippen molar-refractivity contribution in [2.45, 2.75) is 38.6 Å². The van der Waals surface area contributed by atoms with Gasteiger partial charge in [0.2, 0.25) is 0 Å². The number of hydrogen-bond acceptors (Lipinski definition) is 1. The van der Waals surface area contributed by atoms with Crippen molar-refractivity contribution in [1.82, 2.24) is 4.90 Å². The van der Waals surface area contributed by atoms with Gasteiger partial charge in [-0.15, -0.1) is 0 Å². The lowest BCUT2D eigenvalue weighted by Gasteiger charge is -2.24. The summed E-state index contributed by atoms with van der Waals surface area (Å²) < 4.78 is 1.05. The molecule has 0 atom stereocenters. The van der Waals surface area contributed by atoms with Crippen LogP contribution < -0.4 is 0 Å². The standard InChI is InChI=1S/C14H19BrClN/c15-13-7-6-12(14(16)10-13)11-17-8-4-2-1-3-5-9-17/h6-7,10H,1-5,8-9,11H2. The third-order valence-corrected chi connectivity index (χ3v) is 4.20. The molecule has 1 nitrogen and oxygen atoms in total. The van der Waals surface area contributed by atoms with E-state index >= 15 is 0 Å². The summed E-state index contributed by atoms with van der Waals surface area (Å²) in [5, 5.41) is 0.876. The van der Waals surface area contributed by atoms with Gasteiger partial charge in [0.25, 0.3) is 0 Å². The van der Waals surface area contributed by atoms with E-state index < -0.39 is 0 Å². The van der Waals surface area contributed by atoms with Gasteiger partial charge in [0.05, 0.1) is 0 Å². The lowest BCUT2D eigenvalue weighted by atomic mass is 10.1. The minimum Gasteiger partial charge on any atom is -0.299 e. The highest BCUT2D eigenvalue weighted by atomic mass is 79.9. The second-order valence-electron chi connectivity index (χ2n) is 4.78. The van der Waals surface area contributed by atoms with E-state index in [1.54, 1.807) is 0 Å². The molecule has 94 valence electrons. The molecule has 1 aliphatic heterocycles. The Hall–Kier alpha value is -0.0500. The molecule has 0 bridgehead atoms. The van der Waals surface area contributed by atoms with Crippen molar-refractivity contribution in [3.05, 3.63) is 33.3 Å². The predicted octanol–water partition coefficient (Wildman–Crippen LogP) is 4.87. The molecule has 17 heavy (non-hydrogen) atoms. The SMILES string of the molecule is Clc1cc(Br)ccc1CN1CCCCCCC1. The smallest absolute Gasteiger partial charge is 0.0462 e. The molecule has 0 radical (unpaired) electrons.